The molecule has 0 saturated carbocycles. The second-order valence-electron chi connectivity index (χ2n) is 4.21. The van der Waals surface area contributed by atoms with E-state index >= 15 is 0 Å². The zero-order valence-electron chi connectivity index (χ0n) is 9.35. The molecule has 0 bridgehead atoms. The molecule has 0 saturated heterocycles. The third-order valence-electron chi connectivity index (χ3n) is 3.11. The van der Waals surface area contributed by atoms with E-state index in [1.54, 1.807) is 0 Å². The van der Waals surface area contributed by atoms with Gasteiger partial charge in [0, 0.05) is 24.7 Å². The van der Waals surface area contributed by atoms with Crippen LogP contribution in [0.15, 0.2) is 42.6 Å². The predicted molar refractivity (Wildman–Crippen MR) is 67.8 cm³/mol. The van der Waals surface area contributed by atoms with Gasteiger partial charge in [-0.05, 0) is 23.9 Å². The lowest BCUT2D eigenvalue weighted by molar-refractivity contribution is 0.973. The van der Waals surface area contributed by atoms with E-state index in [0.29, 0.717) is 0 Å². The van der Waals surface area contributed by atoms with Crippen molar-refractivity contribution in [1.29, 1.82) is 0 Å². The van der Waals surface area contributed by atoms with E-state index in [4.69, 9.17) is 0 Å². The number of fused-ring (bicyclic) bond motifs is 1. The number of hydrogen-bond acceptors (Lipinski definition) is 2. The van der Waals surface area contributed by atoms with Gasteiger partial charge in [-0.2, -0.15) is 0 Å². The Hall–Kier alpha value is -1.83. The van der Waals surface area contributed by atoms with Crippen molar-refractivity contribution in [3.8, 4) is 0 Å². The van der Waals surface area contributed by atoms with Crippen molar-refractivity contribution < 1.29 is 0 Å². The molecule has 0 fully saturated rings. The number of pyridine rings is 1. The number of aryl methyl sites for hydroxylation is 1. The first kappa shape index (κ1) is 9.40. The van der Waals surface area contributed by atoms with E-state index in [1.165, 1.54) is 16.3 Å². The van der Waals surface area contributed by atoms with E-state index in [1.807, 2.05) is 6.20 Å². The molecule has 0 aliphatic carbocycles. The lowest BCUT2D eigenvalue weighted by Gasteiger charge is -2.16. The average Bonchev–Trinajstić information content (AvgIpc) is 2.82. The molecule has 2 aromatic rings. The van der Waals surface area contributed by atoms with Gasteiger partial charge in [0.25, 0.3) is 0 Å². The molecule has 1 aliphatic rings. The molecular formula is C14H14N2. The highest BCUT2D eigenvalue weighted by Crippen LogP contribution is 2.22. The van der Waals surface area contributed by atoms with Crippen LogP contribution < -0.4 is 4.90 Å². The Labute approximate surface area is 95.2 Å². The number of nitrogens with zero attached hydrogens (tertiary/aromatic N) is 2. The van der Waals surface area contributed by atoms with Crippen LogP contribution in [0.3, 0.4) is 0 Å². The van der Waals surface area contributed by atoms with Gasteiger partial charge in [0.1, 0.15) is 5.82 Å². The minimum absolute atomic E-state index is 0.977. The number of anilines is 1. The summed E-state index contributed by atoms with van der Waals surface area (Å²) in [5.41, 5.74) is 1.29. The van der Waals surface area contributed by atoms with Gasteiger partial charge in [0.05, 0.1) is 0 Å². The first-order chi connectivity index (χ1) is 7.84. The average molecular weight is 210 g/mol. The third-order valence-corrected chi connectivity index (χ3v) is 3.11. The van der Waals surface area contributed by atoms with Crippen LogP contribution in [0.25, 0.3) is 10.8 Å². The van der Waals surface area contributed by atoms with E-state index < -0.39 is 0 Å². The fraction of sp³-hybridized carbons (Fsp3) is 0.214. The Kier molecular flexibility index (Phi) is 2.13. The van der Waals surface area contributed by atoms with Gasteiger partial charge >= 0.3 is 0 Å². The predicted octanol–water partition coefficient (Wildman–Crippen LogP) is 2.92. The first-order valence-corrected chi connectivity index (χ1v) is 5.60. The van der Waals surface area contributed by atoms with Crippen LogP contribution in [0.2, 0.25) is 0 Å². The van der Waals surface area contributed by atoms with Gasteiger partial charge < -0.3 is 4.90 Å². The highest BCUT2D eigenvalue weighted by molar-refractivity contribution is 5.86. The first-order valence-electron chi connectivity index (χ1n) is 5.60. The summed E-state index contributed by atoms with van der Waals surface area (Å²) < 4.78 is 0. The minimum atomic E-state index is 0.977. The van der Waals surface area contributed by atoms with Crippen LogP contribution in [0, 0.1) is 6.92 Å². The number of rotatable bonds is 1. The van der Waals surface area contributed by atoms with E-state index in [0.717, 1.165) is 18.9 Å². The number of hydrogen-bond donors (Lipinski definition) is 0. The fourth-order valence-electron chi connectivity index (χ4n) is 2.15. The maximum absolute atomic E-state index is 4.54. The van der Waals surface area contributed by atoms with E-state index in [2.05, 4.69) is 53.2 Å². The van der Waals surface area contributed by atoms with Crippen LogP contribution in [-0.4, -0.2) is 18.1 Å². The molecule has 16 heavy (non-hydrogen) atoms. The molecule has 1 aliphatic heterocycles. The molecule has 2 heteroatoms. The summed E-state index contributed by atoms with van der Waals surface area (Å²) in [5.74, 6) is 1.07. The molecule has 0 radical (unpaired) electrons. The molecule has 0 amide bonds. The van der Waals surface area contributed by atoms with Gasteiger partial charge in [-0.25, -0.2) is 4.98 Å². The second kappa shape index (κ2) is 3.63. The summed E-state index contributed by atoms with van der Waals surface area (Å²) in [6, 6.07) is 8.55. The zero-order chi connectivity index (χ0) is 11.0. The highest BCUT2D eigenvalue weighted by Gasteiger charge is 2.09. The Morgan fingerprint density at radius 2 is 2.00 bits per heavy atom. The van der Waals surface area contributed by atoms with Crippen LogP contribution in [0.4, 0.5) is 5.82 Å². The minimum Gasteiger partial charge on any atom is -0.349 e. The molecule has 80 valence electrons. The van der Waals surface area contributed by atoms with E-state index in [-0.39, 0.29) is 0 Å². The maximum atomic E-state index is 4.54. The summed E-state index contributed by atoms with van der Waals surface area (Å²) in [6.07, 6.45) is 6.35. The zero-order valence-corrected chi connectivity index (χ0v) is 9.35. The smallest absolute Gasteiger partial charge is 0.129 e. The van der Waals surface area contributed by atoms with Crippen LogP contribution >= 0.6 is 0 Å². The van der Waals surface area contributed by atoms with Crippen molar-refractivity contribution in [2.75, 3.05) is 18.0 Å². The fourth-order valence-corrected chi connectivity index (χ4v) is 2.15. The third kappa shape index (κ3) is 1.47. The van der Waals surface area contributed by atoms with Crippen molar-refractivity contribution in [1.82, 2.24) is 4.98 Å². The van der Waals surface area contributed by atoms with Crippen molar-refractivity contribution in [3.05, 3.63) is 48.2 Å². The summed E-state index contributed by atoms with van der Waals surface area (Å²) in [6.45, 7) is 4.08. The Morgan fingerprint density at radius 1 is 1.19 bits per heavy atom. The second-order valence-corrected chi connectivity index (χ2v) is 4.21. The van der Waals surface area contributed by atoms with Gasteiger partial charge in [-0.1, -0.05) is 30.4 Å². The molecule has 1 aromatic heterocycles. The van der Waals surface area contributed by atoms with Crippen LogP contribution in [0.1, 0.15) is 5.56 Å². The molecule has 0 atom stereocenters. The molecule has 0 spiro atoms. The maximum Gasteiger partial charge on any atom is 0.129 e. The normalized spacial score (nSPS) is 14.9. The van der Waals surface area contributed by atoms with Crippen LogP contribution in [-0.2, 0) is 0 Å². The lowest BCUT2D eigenvalue weighted by atomic mass is 10.1. The largest absolute Gasteiger partial charge is 0.349 e. The van der Waals surface area contributed by atoms with Crippen molar-refractivity contribution in [2.24, 2.45) is 0 Å². The summed E-state index contributed by atoms with van der Waals surface area (Å²) in [7, 11) is 0. The molecule has 0 unspecified atom stereocenters. The monoisotopic (exact) mass is 210 g/mol. The molecule has 1 aromatic carbocycles. The van der Waals surface area contributed by atoms with Crippen molar-refractivity contribution in [2.45, 2.75) is 6.92 Å². The van der Waals surface area contributed by atoms with Crippen molar-refractivity contribution >= 4 is 16.6 Å². The van der Waals surface area contributed by atoms with Gasteiger partial charge in [0.15, 0.2) is 0 Å². The molecule has 2 nitrogen and oxygen atoms in total. The molecular weight excluding hydrogens is 196 g/mol. The van der Waals surface area contributed by atoms with E-state index in [9.17, 15) is 0 Å². The molecule has 3 rings (SSSR count). The number of aromatic nitrogens is 1. The van der Waals surface area contributed by atoms with Crippen molar-refractivity contribution in [3.63, 3.8) is 0 Å². The Balaban J connectivity index is 2.09. The quantitative estimate of drug-likeness (QED) is 0.673. The Morgan fingerprint density at radius 3 is 2.81 bits per heavy atom. The SMILES string of the molecule is Cc1cccc2cc(N3CC=CC3)ncc12. The molecule has 0 N–H and O–H groups in total. The lowest BCUT2D eigenvalue weighted by Crippen LogP contribution is -2.19. The molecule has 2 heterocycles. The standard InChI is InChI=1S/C14H14N2/c1-11-5-4-6-12-9-14(15-10-13(11)12)16-7-2-3-8-16/h2-6,9-10H,7-8H2,1H3. The Bertz CT molecular complexity index is 550. The summed E-state index contributed by atoms with van der Waals surface area (Å²) in [4.78, 5) is 6.80. The summed E-state index contributed by atoms with van der Waals surface area (Å²) >= 11 is 0. The van der Waals surface area contributed by atoms with Gasteiger partial charge in [-0.15, -0.1) is 0 Å². The summed E-state index contributed by atoms with van der Waals surface area (Å²) in [5, 5.41) is 2.52. The van der Waals surface area contributed by atoms with Gasteiger partial charge in [0.2, 0.25) is 0 Å². The van der Waals surface area contributed by atoms with Crippen LogP contribution in [0.5, 0.6) is 0 Å². The highest BCUT2D eigenvalue weighted by atomic mass is 15.2. The number of benzene rings is 1. The topological polar surface area (TPSA) is 16.1 Å². The van der Waals surface area contributed by atoms with Gasteiger partial charge in [-0.3, -0.25) is 0 Å².